The fraction of sp³-hybridized carbons (Fsp3) is 0.375. The maximum absolute atomic E-state index is 12.5. The minimum atomic E-state index is -0.113. The number of rotatable bonds is 8. The lowest BCUT2D eigenvalue weighted by Crippen LogP contribution is -2.40. The van der Waals surface area contributed by atoms with Gasteiger partial charge < -0.3 is 14.5 Å². The Labute approximate surface area is 197 Å². The van der Waals surface area contributed by atoms with Gasteiger partial charge in [0.05, 0.1) is 16.9 Å². The number of thiazole rings is 1. The van der Waals surface area contributed by atoms with Crippen molar-refractivity contribution in [1.82, 2.24) is 19.9 Å². The lowest BCUT2D eigenvalue weighted by molar-refractivity contribution is -0.134. The lowest BCUT2D eigenvalue weighted by Gasteiger charge is -2.31. The molecule has 1 fully saturated rings. The van der Waals surface area contributed by atoms with Crippen LogP contribution in [0.5, 0.6) is 5.88 Å². The first-order chi connectivity index (χ1) is 16.2. The van der Waals surface area contributed by atoms with Crippen molar-refractivity contribution >= 4 is 23.0 Å². The molecule has 172 valence electrons. The summed E-state index contributed by atoms with van der Waals surface area (Å²) >= 11 is 1.65. The molecule has 2 aromatic heterocycles. The first kappa shape index (κ1) is 22.8. The van der Waals surface area contributed by atoms with Gasteiger partial charge in [-0.15, -0.1) is 11.3 Å². The van der Waals surface area contributed by atoms with Gasteiger partial charge >= 0.3 is 0 Å². The number of piperidine rings is 1. The Morgan fingerprint density at radius 1 is 1.36 bits per heavy atom. The number of allylic oxidation sites excluding steroid dienone is 3. The summed E-state index contributed by atoms with van der Waals surface area (Å²) in [5.74, 6) is 0.661. The number of oxime groups is 1. The fourth-order valence-electron chi connectivity index (χ4n) is 3.88. The fourth-order valence-corrected chi connectivity index (χ4v) is 4.88. The molecule has 9 heteroatoms. The van der Waals surface area contributed by atoms with Crippen molar-refractivity contribution in [2.75, 3.05) is 19.7 Å². The Balaban J connectivity index is 1.28. The monoisotopic (exact) mass is 465 g/mol. The molecule has 0 saturated carbocycles. The molecule has 0 aliphatic carbocycles. The molecular formula is C24H27N5O3S. The highest BCUT2D eigenvalue weighted by Gasteiger charge is 2.29. The highest BCUT2D eigenvalue weighted by Crippen LogP contribution is 2.32. The van der Waals surface area contributed by atoms with E-state index in [1.165, 1.54) is 12.4 Å². The summed E-state index contributed by atoms with van der Waals surface area (Å²) in [7, 11) is 0. The van der Waals surface area contributed by atoms with Gasteiger partial charge in [-0.25, -0.2) is 9.97 Å². The van der Waals surface area contributed by atoms with Crippen molar-refractivity contribution in [2.24, 2.45) is 5.16 Å². The number of likely N-dealkylation sites (tertiary alicyclic amines) is 1. The molecule has 1 amide bonds. The second-order valence-corrected chi connectivity index (χ2v) is 8.69. The van der Waals surface area contributed by atoms with Crippen LogP contribution in [0.2, 0.25) is 0 Å². The van der Waals surface area contributed by atoms with Crippen molar-refractivity contribution in [3.05, 3.63) is 71.1 Å². The maximum atomic E-state index is 12.5. The third-order valence-electron chi connectivity index (χ3n) is 5.61. The first-order valence-corrected chi connectivity index (χ1v) is 11.9. The second-order valence-electron chi connectivity index (χ2n) is 7.80. The number of hydrogen-bond donors (Lipinski definition) is 0. The van der Waals surface area contributed by atoms with E-state index in [4.69, 9.17) is 14.6 Å². The van der Waals surface area contributed by atoms with Gasteiger partial charge in [-0.2, -0.15) is 0 Å². The van der Waals surface area contributed by atoms with E-state index >= 15 is 0 Å². The molecule has 1 unspecified atom stereocenters. The Morgan fingerprint density at radius 2 is 2.21 bits per heavy atom. The van der Waals surface area contributed by atoms with E-state index in [1.54, 1.807) is 23.6 Å². The van der Waals surface area contributed by atoms with Crippen LogP contribution in [-0.4, -0.2) is 57.3 Å². The quantitative estimate of drug-likeness (QED) is 0.549. The van der Waals surface area contributed by atoms with Crippen molar-refractivity contribution in [2.45, 2.75) is 38.2 Å². The number of ether oxygens (including phenoxy) is 1. The van der Waals surface area contributed by atoms with Crippen LogP contribution >= 0.6 is 11.3 Å². The molecular weight excluding hydrogens is 438 g/mol. The molecule has 4 rings (SSSR count). The van der Waals surface area contributed by atoms with E-state index < -0.39 is 0 Å². The summed E-state index contributed by atoms with van der Waals surface area (Å²) in [5.41, 5.74) is 2.80. The van der Waals surface area contributed by atoms with Gasteiger partial charge in [-0.05, 0) is 25.3 Å². The van der Waals surface area contributed by atoms with E-state index in [0.717, 1.165) is 34.8 Å². The molecule has 2 aliphatic heterocycles. The van der Waals surface area contributed by atoms with Crippen LogP contribution in [0.25, 0.3) is 0 Å². The molecule has 1 saturated heterocycles. The Hall–Kier alpha value is -3.33. The predicted octanol–water partition coefficient (Wildman–Crippen LogP) is 3.90. The number of amides is 1. The average Bonchev–Trinajstić information content (AvgIpc) is 3.53. The van der Waals surface area contributed by atoms with Gasteiger partial charge in [-0.1, -0.05) is 36.0 Å². The Kier molecular flexibility index (Phi) is 7.62. The molecule has 2 aromatic rings. The van der Waals surface area contributed by atoms with Crippen LogP contribution in [0.4, 0.5) is 0 Å². The van der Waals surface area contributed by atoms with Crippen LogP contribution in [0.15, 0.2) is 65.6 Å². The van der Waals surface area contributed by atoms with E-state index in [-0.39, 0.29) is 18.6 Å². The number of hydrogen-bond acceptors (Lipinski definition) is 8. The van der Waals surface area contributed by atoms with Crippen molar-refractivity contribution in [1.29, 1.82) is 0 Å². The number of aromatic nitrogens is 3. The van der Waals surface area contributed by atoms with Gasteiger partial charge in [-0.3, -0.25) is 9.78 Å². The summed E-state index contributed by atoms with van der Waals surface area (Å²) in [6.45, 7) is 7.10. The largest absolute Gasteiger partial charge is 0.466 e. The van der Waals surface area contributed by atoms with Crippen molar-refractivity contribution < 1.29 is 14.4 Å². The standard InChI is InChI=1S/C24H27N5O3S/c1-3-5-17(6-4-2)21-13-19(28-32-21)20-16-33-24(27-20)18-7-11-29(12-8-18)23(30)15-31-22-14-25-9-10-26-22/h3-6,9-10,14,16,18,21H,1,7-8,11-13,15H2,2H3/b6-4-,17-5+. The third-order valence-corrected chi connectivity index (χ3v) is 6.61. The van der Waals surface area contributed by atoms with Crippen LogP contribution in [0.1, 0.15) is 42.8 Å². The summed E-state index contributed by atoms with van der Waals surface area (Å²) < 4.78 is 5.43. The summed E-state index contributed by atoms with van der Waals surface area (Å²) in [6.07, 6.45) is 14.6. The Morgan fingerprint density at radius 3 is 2.94 bits per heavy atom. The SMILES string of the molecule is C=C/C=C(\C=C/C)C1CC(c2csc(C3CCN(C(=O)COc4cnccn4)CC3)n2)=NO1. The van der Waals surface area contributed by atoms with Crippen LogP contribution in [0.3, 0.4) is 0 Å². The normalized spacial score (nSPS) is 19.4. The van der Waals surface area contributed by atoms with Crippen molar-refractivity contribution in [3.8, 4) is 5.88 Å². The second kappa shape index (κ2) is 11.0. The zero-order valence-corrected chi connectivity index (χ0v) is 19.4. The molecule has 33 heavy (non-hydrogen) atoms. The number of carbonyl (C=O) groups excluding carboxylic acids is 1. The van der Waals surface area contributed by atoms with Crippen LogP contribution in [0, 0.1) is 0 Å². The van der Waals surface area contributed by atoms with Gasteiger partial charge in [0.2, 0.25) is 5.88 Å². The number of nitrogens with zero attached hydrogens (tertiary/aromatic N) is 5. The molecule has 0 spiro atoms. The Bertz CT molecular complexity index is 1060. The summed E-state index contributed by atoms with van der Waals surface area (Å²) in [5, 5.41) is 7.43. The predicted molar refractivity (Wildman–Crippen MR) is 127 cm³/mol. The zero-order chi connectivity index (χ0) is 23.0. The molecule has 8 nitrogen and oxygen atoms in total. The van der Waals surface area contributed by atoms with E-state index in [2.05, 4.69) is 27.1 Å². The van der Waals surface area contributed by atoms with Crippen molar-refractivity contribution in [3.63, 3.8) is 0 Å². The molecule has 0 aromatic carbocycles. The average molecular weight is 466 g/mol. The minimum Gasteiger partial charge on any atom is -0.466 e. The first-order valence-electron chi connectivity index (χ1n) is 11.0. The van der Waals surface area contributed by atoms with Gasteiger partial charge in [0, 0.05) is 43.2 Å². The van der Waals surface area contributed by atoms with E-state index in [9.17, 15) is 4.79 Å². The topological polar surface area (TPSA) is 89.8 Å². The molecule has 1 atom stereocenters. The van der Waals surface area contributed by atoms with Crippen LogP contribution in [-0.2, 0) is 9.63 Å². The smallest absolute Gasteiger partial charge is 0.260 e. The van der Waals surface area contributed by atoms with Gasteiger partial charge in [0.1, 0.15) is 5.71 Å². The highest BCUT2D eigenvalue weighted by molar-refractivity contribution is 7.10. The maximum Gasteiger partial charge on any atom is 0.260 e. The third kappa shape index (κ3) is 5.73. The molecule has 0 bridgehead atoms. The highest BCUT2D eigenvalue weighted by atomic mass is 32.1. The molecule has 2 aliphatic rings. The van der Waals surface area contributed by atoms with Gasteiger partial charge in [0.15, 0.2) is 12.7 Å². The lowest BCUT2D eigenvalue weighted by atomic mass is 9.97. The summed E-state index contributed by atoms with van der Waals surface area (Å²) in [6, 6.07) is 0. The van der Waals surface area contributed by atoms with Crippen LogP contribution < -0.4 is 4.74 Å². The molecule has 0 radical (unpaired) electrons. The molecule has 0 N–H and O–H groups in total. The van der Waals surface area contributed by atoms with E-state index in [0.29, 0.717) is 31.3 Å². The minimum absolute atomic E-state index is 0.0265. The van der Waals surface area contributed by atoms with E-state index in [1.807, 2.05) is 30.1 Å². The number of carbonyl (C=O) groups is 1. The summed E-state index contributed by atoms with van der Waals surface area (Å²) in [4.78, 5) is 32.8. The van der Waals surface area contributed by atoms with Gasteiger partial charge in [0.25, 0.3) is 5.91 Å². The zero-order valence-electron chi connectivity index (χ0n) is 18.6. The molecule has 4 heterocycles.